The summed E-state index contributed by atoms with van der Waals surface area (Å²) in [6.45, 7) is 0. The highest BCUT2D eigenvalue weighted by molar-refractivity contribution is 14.1. The average molecular weight is 498 g/mol. The van der Waals surface area contributed by atoms with E-state index < -0.39 is 6.10 Å². The second-order valence-corrected chi connectivity index (χ2v) is 6.97. The molecule has 0 heterocycles. The van der Waals surface area contributed by atoms with Gasteiger partial charge in [-0.3, -0.25) is 0 Å². The van der Waals surface area contributed by atoms with Gasteiger partial charge < -0.3 is 9.84 Å². The molecule has 1 N–H and O–H groups in total. The minimum Gasteiger partial charge on any atom is -0.496 e. The zero-order valence-corrected chi connectivity index (χ0v) is 15.4. The summed E-state index contributed by atoms with van der Waals surface area (Å²) >= 11 is 9.12. The van der Waals surface area contributed by atoms with E-state index in [0.717, 1.165) is 23.6 Å². The van der Waals surface area contributed by atoms with Crippen LogP contribution in [0.4, 0.5) is 0 Å². The van der Waals surface area contributed by atoms with Crippen LogP contribution >= 0.6 is 54.5 Å². The molecule has 0 radical (unpaired) electrons. The number of aliphatic hydroxyl groups is 1. The second kappa shape index (κ2) is 6.56. The molecule has 2 aromatic rings. The third-order valence-electron chi connectivity index (χ3n) is 2.74. The quantitative estimate of drug-likeness (QED) is 0.611. The number of methoxy groups -OCH3 is 1. The fourth-order valence-corrected chi connectivity index (χ4v) is 3.17. The number of hydrogen-bond donors (Lipinski definition) is 1. The molecule has 2 aromatic carbocycles. The van der Waals surface area contributed by atoms with E-state index in [1.54, 1.807) is 7.11 Å². The van der Waals surface area contributed by atoms with Gasteiger partial charge in [-0.15, -0.1) is 0 Å². The Morgan fingerprint density at radius 3 is 2.53 bits per heavy atom. The van der Waals surface area contributed by atoms with E-state index in [1.807, 2.05) is 36.4 Å². The predicted molar refractivity (Wildman–Crippen MR) is 91.6 cm³/mol. The van der Waals surface area contributed by atoms with Crippen molar-refractivity contribution in [1.82, 2.24) is 0 Å². The zero-order valence-electron chi connectivity index (χ0n) is 10.0. The van der Waals surface area contributed by atoms with Crippen molar-refractivity contribution in [2.24, 2.45) is 0 Å². The van der Waals surface area contributed by atoms with Crippen LogP contribution in [0.2, 0.25) is 0 Å². The maximum atomic E-state index is 10.6. The molecule has 0 spiro atoms. The molecule has 1 atom stereocenters. The zero-order chi connectivity index (χ0) is 14.0. The van der Waals surface area contributed by atoms with Gasteiger partial charge in [0.25, 0.3) is 0 Å². The molecule has 0 aliphatic carbocycles. The van der Waals surface area contributed by atoms with Crippen LogP contribution in [0.3, 0.4) is 0 Å². The van der Waals surface area contributed by atoms with Crippen LogP contribution in [-0.4, -0.2) is 12.2 Å². The van der Waals surface area contributed by atoms with Crippen LogP contribution < -0.4 is 4.74 Å². The lowest BCUT2D eigenvalue weighted by Gasteiger charge is -2.17. The molecule has 2 nitrogen and oxygen atoms in total. The Balaban J connectivity index is 2.51. The molecule has 2 rings (SSSR count). The second-order valence-electron chi connectivity index (χ2n) is 3.95. The van der Waals surface area contributed by atoms with Gasteiger partial charge in [0, 0.05) is 23.6 Å². The third-order valence-corrected chi connectivity index (χ3v) is 4.63. The molecule has 0 aromatic heterocycles. The SMILES string of the molecule is COc1ccc(Br)cc1C(O)c1cc(I)ccc1Br. The molecule has 5 heteroatoms. The molecule has 0 saturated carbocycles. The predicted octanol–water partition coefficient (Wildman–Crippen LogP) is 4.91. The van der Waals surface area contributed by atoms with Crippen molar-refractivity contribution < 1.29 is 9.84 Å². The van der Waals surface area contributed by atoms with Crippen LogP contribution in [0.15, 0.2) is 45.3 Å². The lowest BCUT2D eigenvalue weighted by Crippen LogP contribution is -2.03. The first kappa shape index (κ1) is 15.3. The van der Waals surface area contributed by atoms with Gasteiger partial charge >= 0.3 is 0 Å². The minimum absolute atomic E-state index is 0.668. The van der Waals surface area contributed by atoms with Gasteiger partial charge in [0.1, 0.15) is 11.9 Å². The Morgan fingerprint density at radius 2 is 1.84 bits per heavy atom. The van der Waals surface area contributed by atoms with E-state index in [0.29, 0.717) is 5.75 Å². The van der Waals surface area contributed by atoms with Gasteiger partial charge in [-0.1, -0.05) is 31.9 Å². The van der Waals surface area contributed by atoms with Gasteiger partial charge in [0.2, 0.25) is 0 Å². The molecule has 1 unspecified atom stereocenters. The standard InChI is InChI=1S/C14H11Br2IO2/c1-19-13-5-2-8(15)6-11(13)14(18)10-7-9(17)3-4-12(10)16/h2-7,14,18H,1H3. The number of ether oxygens (including phenoxy) is 1. The molecule has 100 valence electrons. The highest BCUT2D eigenvalue weighted by Gasteiger charge is 2.18. The van der Waals surface area contributed by atoms with Crippen molar-refractivity contribution in [2.75, 3.05) is 7.11 Å². The number of aliphatic hydroxyl groups excluding tert-OH is 1. The highest BCUT2D eigenvalue weighted by atomic mass is 127. The van der Waals surface area contributed by atoms with Crippen LogP contribution in [-0.2, 0) is 0 Å². The normalized spacial score (nSPS) is 12.3. The van der Waals surface area contributed by atoms with Gasteiger partial charge in [-0.2, -0.15) is 0 Å². The van der Waals surface area contributed by atoms with Crippen LogP contribution in [0.1, 0.15) is 17.2 Å². The van der Waals surface area contributed by atoms with Crippen molar-refractivity contribution >= 4 is 54.5 Å². The number of hydrogen-bond acceptors (Lipinski definition) is 2. The maximum Gasteiger partial charge on any atom is 0.125 e. The lowest BCUT2D eigenvalue weighted by molar-refractivity contribution is 0.214. The summed E-state index contributed by atoms with van der Waals surface area (Å²) in [4.78, 5) is 0. The van der Waals surface area contributed by atoms with E-state index in [4.69, 9.17) is 4.74 Å². The van der Waals surface area contributed by atoms with Crippen molar-refractivity contribution in [3.8, 4) is 5.75 Å². The first-order chi connectivity index (χ1) is 9.02. The van der Waals surface area contributed by atoms with E-state index >= 15 is 0 Å². The maximum absolute atomic E-state index is 10.6. The summed E-state index contributed by atoms with van der Waals surface area (Å²) in [5, 5.41) is 10.6. The number of rotatable bonds is 3. The number of halogens is 3. The van der Waals surface area contributed by atoms with Gasteiger partial charge in [-0.05, 0) is 59.0 Å². The van der Waals surface area contributed by atoms with Crippen LogP contribution in [0.5, 0.6) is 5.75 Å². The largest absolute Gasteiger partial charge is 0.496 e. The molecular weight excluding hydrogens is 487 g/mol. The molecule has 19 heavy (non-hydrogen) atoms. The molecule has 0 bridgehead atoms. The summed E-state index contributed by atoms with van der Waals surface area (Å²) in [5.41, 5.74) is 1.56. The smallest absolute Gasteiger partial charge is 0.125 e. The van der Waals surface area contributed by atoms with E-state index in [1.165, 1.54) is 0 Å². The van der Waals surface area contributed by atoms with Crippen LogP contribution in [0, 0.1) is 3.57 Å². The summed E-state index contributed by atoms with van der Waals surface area (Å²) in [5.74, 6) is 0.668. The Morgan fingerprint density at radius 1 is 1.11 bits per heavy atom. The van der Waals surface area contributed by atoms with E-state index in [2.05, 4.69) is 54.5 Å². The topological polar surface area (TPSA) is 29.5 Å². The third kappa shape index (κ3) is 3.51. The van der Waals surface area contributed by atoms with Crippen LogP contribution in [0.25, 0.3) is 0 Å². The Kier molecular flexibility index (Phi) is 5.28. The monoisotopic (exact) mass is 496 g/mol. The molecular formula is C14H11Br2IO2. The van der Waals surface area contributed by atoms with Crippen molar-refractivity contribution in [1.29, 1.82) is 0 Å². The first-order valence-electron chi connectivity index (χ1n) is 5.49. The molecule has 0 fully saturated rings. The molecule has 0 aliphatic rings. The van der Waals surface area contributed by atoms with Crippen molar-refractivity contribution in [3.63, 3.8) is 0 Å². The van der Waals surface area contributed by atoms with Crippen molar-refractivity contribution in [3.05, 3.63) is 60.0 Å². The van der Waals surface area contributed by atoms with Gasteiger partial charge in [0.05, 0.1) is 7.11 Å². The summed E-state index contributed by atoms with van der Waals surface area (Å²) in [6, 6.07) is 11.5. The molecule has 0 amide bonds. The summed E-state index contributed by atoms with van der Waals surface area (Å²) in [7, 11) is 1.60. The summed E-state index contributed by atoms with van der Waals surface area (Å²) in [6.07, 6.45) is -0.739. The Hall–Kier alpha value is -0.110. The lowest BCUT2D eigenvalue weighted by atomic mass is 10.0. The molecule has 0 saturated heterocycles. The number of benzene rings is 2. The van der Waals surface area contributed by atoms with Gasteiger partial charge in [-0.25, -0.2) is 0 Å². The Bertz CT molecular complexity index is 602. The average Bonchev–Trinajstić information content (AvgIpc) is 2.40. The van der Waals surface area contributed by atoms with E-state index in [9.17, 15) is 5.11 Å². The summed E-state index contributed by atoms with van der Waals surface area (Å²) < 4.78 is 8.17. The molecule has 0 aliphatic heterocycles. The highest BCUT2D eigenvalue weighted by Crippen LogP contribution is 2.35. The van der Waals surface area contributed by atoms with Gasteiger partial charge in [0.15, 0.2) is 0 Å². The Labute approximate surface area is 142 Å². The van der Waals surface area contributed by atoms with Crippen molar-refractivity contribution in [2.45, 2.75) is 6.10 Å². The first-order valence-corrected chi connectivity index (χ1v) is 8.16. The fraction of sp³-hybridized carbons (Fsp3) is 0.143. The fourth-order valence-electron chi connectivity index (χ4n) is 1.81. The van der Waals surface area contributed by atoms with E-state index in [-0.39, 0.29) is 0 Å². The minimum atomic E-state index is -0.739.